The Morgan fingerprint density at radius 1 is 1.28 bits per heavy atom. The van der Waals surface area contributed by atoms with E-state index in [0.717, 1.165) is 12.8 Å². The molecule has 102 valence electrons. The van der Waals surface area contributed by atoms with E-state index in [9.17, 15) is 4.79 Å². The smallest absolute Gasteiger partial charge is 0.207 e. The van der Waals surface area contributed by atoms with Crippen molar-refractivity contribution in [1.82, 2.24) is 5.32 Å². The highest BCUT2D eigenvalue weighted by atomic mass is 16.1. The topological polar surface area (TPSA) is 29.1 Å². The van der Waals surface area contributed by atoms with Crippen LogP contribution in [-0.2, 0) is 4.79 Å². The zero-order chi connectivity index (χ0) is 13.4. The summed E-state index contributed by atoms with van der Waals surface area (Å²) in [5.74, 6) is 1.12. The minimum absolute atomic E-state index is 0.0429. The molecule has 2 rings (SSSR count). The molecule has 2 fully saturated rings. The molecule has 0 aromatic carbocycles. The van der Waals surface area contributed by atoms with E-state index in [2.05, 4.69) is 32.7 Å². The Kier molecular flexibility index (Phi) is 3.57. The standard InChI is InChI=1S/C16H27NO/c1-12(2)13-7-5-8-15(3)9-6-10-16(4,14(13)15)17-11-18/h11,13-14H,1,5-10H2,2-4H3,(H,17,18)/t13-,14+,15+,16-/m1/s1. The monoisotopic (exact) mass is 249 g/mol. The minimum atomic E-state index is -0.0429. The summed E-state index contributed by atoms with van der Waals surface area (Å²) in [4.78, 5) is 11.0. The Balaban J connectivity index is 2.38. The van der Waals surface area contributed by atoms with Crippen molar-refractivity contribution < 1.29 is 4.79 Å². The number of rotatable bonds is 3. The lowest BCUT2D eigenvalue weighted by molar-refractivity contribution is -0.115. The Morgan fingerprint density at radius 3 is 2.56 bits per heavy atom. The van der Waals surface area contributed by atoms with Crippen LogP contribution in [0.15, 0.2) is 12.2 Å². The summed E-state index contributed by atoms with van der Waals surface area (Å²) in [6.07, 6.45) is 8.39. The van der Waals surface area contributed by atoms with Gasteiger partial charge in [-0.05, 0) is 56.8 Å². The quantitative estimate of drug-likeness (QED) is 0.600. The number of allylic oxidation sites excluding steroid dienone is 1. The van der Waals surface area contributed by atoms with Gasteiger partial charge in [0.1, 0.15) is 0 Å². The van der Waals surface area contributed by atoms with Gasteiger partial charge >= 0.3 is 0 Å². The summed E-state index contributed by atoms with van der Waals surface area (Å²) in [5, 5.41) is 3.15. The predicted octanol–water partition coefficient (Wildman–Crippen LogP) is 3.67. The molecule has 0 aromatic heterocycles. The van der Waals surface area contributed by atoms with Gasteiger partial charge < -0.3 is 5.32 Å². The van der Waals surface area contributed by atoms with Gasteiger partial charge in [-0.2, -0.15) is 0 Å². The molecule has 2 heteroatoms. The van der Waals surface area contributed by atoms with Crippen LogP contribution >= 0.6 is 0 Å². The van der Waals surface area contributed by atoms with Crippen LogP contribution in [0.1, 0.15) is 59.3 Å². The van der Waals surface area contributed by atoms with Gasteiger partial charge in [0.15, 0.2) is 0 Å². The molecule has 18 heavy (non-hydrogen) atoms. The third-order valence-corrected chi connectivity index (χ3v) is 5.57. The number of hydrogen-bond donors (Lipinski definition) is 1. The van der Waals surface area contributed by atoms with Crippen molar-refractivity contribution in [1.29, 1.82) is 0 Å². The van der Waals surface area contributed by atoms with Crippen LogP contribution in [0.5, 0.6) is 0 Å². The van der Waals surface area contributed by atoms with Crippen LogP contribution in [0, 0.1) is 17.3 Å². The summed E-state index contributed by atoms with van der Waals surface area (Å²) < 4.78 is 0. The Bertz CT molecular complexity index is 347. The van der Waals surface area contributed by atoms with Gasteiger partial charge in [-0.1, -0.05) is 31.9 Å². The van der Waals surface area contributed by atoms with Crippen LogP contribution < -0.4 is 5.32 Å². The highest BCUT2D eigenvalue weighted by Gasteiger charge is 2.53. The molecule has 1 amide bonds. The molecule has 0 heterocycles. The number of carbonyl (C=O) groups is 1. The molecule has 0 saturated heterocycles. The molecular formula is C16H27NO. The first-order valence-electron chi connectivity index (χ1n) is 7.30. The Labute approximate surface area is 111 Å². The lowest BCUT2D eigenvalue weighted by Gasteiger charge is -2.58. The van der Waals surface area contributed by atoms with Crippen molar-refractivity contribution in [3.63, 3.8) is 0 Å². The van der Waals surface area contributed by atoms with E-state index in [0.29, 0.717) is 17.3 Å². The molecule has 0 unspecified atom stereocenters. The van der Waals surface area contributed by atoms with Crippen molar-refractivity contribution >= 4 is 6.41 Å². The number of hydrogen-bond acceptors (Lipinski definition) is 1. The highest BCUT2D eigenvalue weighted by Crippen LogP contribution is 2.57. The van der Waals surface area contributed by atoms with Crippen molar-refractivity contribution in [2.75, 3.05) is 0 Å². The number of amides is 1. The van der Waals surface area contributed by atoms with E-state index < -0.39 is 0 Å². The normalized spacial score (nSPS) is 43.9. The average Bonchev–Trinajstić information content (AvgIpc) is 2.27. The van der Waals surface area contributed by atoms with E-state index in [1.54, 1.807) is 0 Å². The Morgan fingerprint density at radius 2 is 1.94 bits per heavy atom. The van der Waals surface area contributed by atoms with E-state index in [1.165, 1.54) is 37.7 Å². The summed E-state index contributed by atoms with van der Waals surface area (Å²) in [5.41, 5.74) is 1.63. The van der Waals surface area contributed by atoms with Crippen LogP contribution in [0.4, 0.5) is 0 Å². The second-order valence-electron chi connectivity index (χ2n) is 7.01. The molecule has 2 saturated carbocycles. The van der Waals surface area contributed by atoms with Gasteiger partial charge in [0.25, 0.3) is 0 Å². The third kappa shape index (κ3) is 2.10. The SMILES string of the molecule is C=C(C)[C@H]1CCC[C@@]2(C)CCC[C@@](C)(NC=O)[C@@H]12. The van der Waals surface area contributed by atoms with Crippen molar-refractivity contribution in [2.24, 2.45) is 17.3 Å². The molecule has 2 aliphatic rings. The molecule has 0 spiro atoms. The molecule has 4 atom stereocenters. The molecule has 2 aliphatic carbocycles. The van der Waals surface area contributed by atoms with Crippen LogP contribution in [0.3, 0.4) is 0 Å². The van der Waals surface area contributed by atoms with Gasteiger partial charge in [0.2, 0.25) is 6.41 Å². The van der Waals surface area contributed by atoms with Gasteiger partial charge in [0.05, 0.1) is 0 Å². The predicted molar refractivity (Wildman–Crippen MR) is 75.2 cm³/mol. The van der Waals surface area contributed by atoms with Gasteiger partial charge in [-0.25, -0.2) is 0 Å². The fraction of sp³-hybridized carbons (Fsp3) is 0.812. The fourth-order valence-electron chi connectivity index (χ4n) is 4.87. The molecule has 0 aromatic rings. The van der Waals surface area contributed by atoms with Gasteiger partial charge in [-0.15, -0.1) is 0 Å². The largest absolute Gasteiger partial charge is 0.353 e. The van der Waals surface area contributed by atoms with Gasteiger partial charge in [-0.3, -0.25) is 4.79 Å². The summed E-state index contributed by atoms with van der Waals surface area (Å²) in [6, 6.07) is 0. The fourth-order valence-corrected chi connectivity index (χ4v) is 4.87. The zero-order valence-electron chi connectivity index (χ0n) is 12.1. The number of nitrogens with one attached hydrogen (secondary N) is 1. The lowest BCUT2D eigenvalue weighted by Crippen LogP contribution is -2.60. The maximum absolute atomic E-state index is 11.0. The lowest BCUT2D eigenvalue weighted by atomic mass is 9.50. The molecule has 0 bridgehead atoms. The maximum Gasteiger partial charge on any atom is 0.207 e. The molecule has 0 aliphatic heterocycles. The van der Waals surface area contributed by atoms with Crippen LogP contribution in [0.25, 0.3) is 0 Å². The molecule has 2 nitrogen and oxygen atoms in total. The van der Waals surface area contributed by atoms with E-state index in [4.69, 9.17) is 0 Å². The zero-order valence-corrected chi connectivity index (χ0v) is 12.1. The van der Waals surface area contributed by atoms with E-state index >= 15 is 0 Å². The van der Waals surface area contributed by atoms with Crippen LogP contribution in [0.2, 0.25) is 0 Å². The molecule has 0 radical (unpaired) electrons. The average molecular weight is 249 g/mol. The van der Waals surface area contributed by atoms with Crippen molar-refractivity contribution in [2.45, 2.75) is 64.8 Å². The second kappa shape index (κ2) is 4.71. The van der Waals surface area contributed by atoms with Crippen molar-refractivity contribution in [3.8, 4) is 0 Å². The molecule has 1 N–H and O–H groups in total. The highest BCUT2D eigenvalue weighted by molar-refractivity contribution is 5.48. The Hall–Kier alpha value is -0.790. The first-order valence-corrected chi connectivity index (χ1v) is 7.30. The first-order chi connectivity index (χ1) is 8.43. The first kappa shape index (κ1) is 13.6. The molecular weight excluding hydrogens is 222 g/mol. The maximum atomic E-state index is 11.0. The van der Waals surface area contributed by atoms with E-state index in [1.807, 2.05) is 0 Å². The summed E-state index contributed by atoms with van der Waals surface area (Å²) in [7, 11) is 0. The second-order valence-corrected chi connectivity index (χ2v) is 7.01. The summed E-state index contributed by atoms with van der Waals surface area (Å²) >= 11 is 0. The minimum Gasteiger partial charge on any atom is -0.353 e. The van der Waals surface area contributed by atoms with Crippen molar-refractivity contribution in [3.05, 3.63) is 12.2 Å². The van der Waals surface area contributed by atoms with Gasteiger partial charge in [0, 0.05) is 5.54 Å². The van der Waals surface area contributed by atoms with E-state index in [-0.39, 0.29) is 5.54 Å². The third-order valence-electron chi connectivity index (χ3n) is 5.57. The van der Waals surface area contributed by atoms with Crippen LogP contribution in [-0.4, -0.2) is 11.9 Å². The number of fused-ring (bicyclic) bond motifs is 1. The summed E-state index contributed by atoms with van der Waals surface area (Å²) in [6.45, 7) is 11.0. The number of carbonyl (C=O) groups excluding carboxylic acids is 1.